The quantitative estimate of drug-likeness (QED) is 0.752. The van der Waals surface area contributed by atoms with E-state index in [9.17, 15) is 22.8 Å². The number of aryl methyl sites for hydroxylation is 1. The van der Waals surface area contributed by atoms with Gasteiger partial charge in [0.1, 0.15) is 0 Å². The van der Waals surface area contributed by atoms with Crippen LogP contribution in [-0.4, -0.2) is 24.7 Å². The molecular formula is C15H17ClF3NO3. The zero-order chi connectivity index (χ0) is 17.5. The lowest BCUT2D eigenvalue weighted by Crippen LogP contribution is -2.16. The van der Waals surface area contributed by atoms with Gasteiger partial charge in [-0.1, -0.05) is 17.7 Å². The molecule has 1 rings (SSSR count). The Hall–Kier alpha value is -1.76. The van der Waals surface area contributed by atoms with Gasteiger partial charge < -0.3 is 10.1 Å². The minimum absolute atomic E-state index is 0.164. The van der Waals surface area contributed by atoms with Gasteiger partial charge in [-0.3, -0.25) is 9.59 Å². The molecule has 0 bridgehead atoms. The van der Waals surface area contributed by atoms with Crippen molar-refractivity contribution in [1.29, 1.82) is 0 Å². The minimum atomic E-state index is -4.39. The SMILES string of the molecule is CCOC(=O)CCc1ccc(Cl)c(NC(=O)CCC(F)(F)F)c1. The van der Waals surface area contributed by atoms with Gasteiger partial charge in [0.25, 0.3) is 0 Å². The highest BCUT2D eigenvalue weighted by Crippen LogP contribution is 2.25. The van der Waals surface area contributed by atoms with Crippen molar-refractivity contribution in [1.82, 2.24) is 0 Å². The van der Waals surface area contributed by atoms with Crippen molar-refractivity contribution in [3.8, 4) is 0 Å². The Bertz CT molecular complexity index is 561. The minimum Gasteiger partial charge on any atom is -0.466 e. The van der Waals surface area contributed by atoms with Crippen molar-refractivity contribution >= 4 is 29.2 Å². The molecule has 1 amide bonds. The number of esters is 1. The third-order valence-electron chi connectivity index (χ3n) is 2.86. The molecule has 1 aromatic rings. The molecule has 0 aromatic heterocycles. The van der Waals surface area contributed by atoms with E-state index in [0.29, 0.717) is 18.6 Å². The molecule has 23 heavy (non-hydrogen) atoms. The Morgan fingerprint density at radius 1 is 1.26 bits per heavy atom. The van der Waals surface area contributed by atoms with Gasteiger partial charge in [-0.2, -0.15) is 13.2 Å². The lowest BCUT2D eigenvalue weighted by Gasteiger charge is -2.10. The Labute approximate surface area is 137 Å². The Morgan fingerprint density at radius 2 is 1.96 bits per heavy atom. The maximum atomic E-state index is 12.1. The van der Waals surface area contributed by atoms with Gasteiger partial charge >= 0.3 is 12.1 Å². The zero-order valence-corrected chi connectivity index (χ0v) is 13.3. The first-order chi connectivity index (χ1) is 10.7. The van der Waals surface area contributed by atoms with Gasteiger partial charge in [0.15, 0.2) is 0 Å². The van der Waals surface area contributed by atoms with E-state index in [2.05, 4.69) is 5.32 Å². The summed E-state index contributed by atoms with van der Waals surface area (Å²) < 4.78 is 41.1. The van der Waals surface area contributed by atoms with E-state index in [4.69, 9.17) is 16.3 Å². The number of hydrogen-bond acceptors (Lipinski definition) is 3. The lowest BCUT2D eigenvalue weighted by atomic mass is 10.1. The Balaban J connectivity index is 2.63. The van der Waals surface area contributed by atoms with Crippen LogP contribution < -0.4 is 5.32 Å². The number of rotatable bonds is 7. The van der Waals surface area contributed by atoms with Crippen molar-refractivity contribution in [3.63, 3.8) is 0 Å². The normalized spacial score (nSPS) is 11.2. The van der Waals surface area contributed by atoms with Crippen LogP contribution in [0.2, 0.25) is 5.02 Å². The van der Waals surface area contributed by atoms with Crippen molar-refractivity contribution in [2.24, 2.45) is 0 Å². The molecule has 0 spiro atoms. The first-order valence-electron chi connectivity index (χ1n) is 7.02. The predicted octanol–water partition coefficient (Wildman–Crippen LogP) is 4.12. The Morgan fingerprint density at radius 3 is 2.57 bits per heavy atom. The number of alkyl halides is 3. The number of benzene rings is 1. The third-order valence-corrected chi connectivity index (χ3v) is 3.19. The second-order valence-corrected chi connectivity index (χ2v) is 5.19. The molecule has 0 unspecified atom stereocenters. The van der Waals surface area contributed by atoms with Gasteiger partial charge in [0.05, 0.1) is 23.7 Å². The van der Waals surface area contributed by atoms with Crippen LogP contribution in [0.3, 0.4) is 0 Å². The molecule has 0 aliphatic rings. The molecule has 0 saturated heterocycles. The summed E-state index contributed by atoms with van der Waals surface area (Å²) in [6.07, 6.45) is -5.72. The van der Waals surface area contributed by atoms with Gasteiger partial charge in [-0.05, 0) is 31.0 Å². The van der Waals surface area contributed by atoms with E-state index >= 15 is 0 Å². The molecule has 4 nitrogen and oxygen atoms in total. The number of hydrogen-bond donors (Lipinski definition) is 1. The van der Waals surface area contributed by atoms with Crippen LogP contribution >= 0.6 is 11.6 Å². The number of amides is 1. The molecule has 128 valence electrons. The number of carbonyl (C=O) groups excluding carboxylic acids is 2. The van der Waals surface area contributed by atoms with Crippen LogP contribution in [0.25, 0.3) is 0 Å². The molecule has 0 heterocycles. The molecule has 0 fully saturated rings. The van der Waals surface area contributed by atoms with Crippen LogP contribution in [0.15, 0.2) is 18.2 Å². The van der Waals surface area contributed by atoms with Crippen LogP contribution in [-0.2, 0) is 20.7 Å². The fourth-order valence-corrected chi connectivity index (χ4v) is 1.94. The van der Waals surface area contributed by atoms with Gasteiger partial charge in [-0.25, -0.2) is 0 Å². The standard InChI is InChI=1S/C15H17ClF3NO3/c1-2-23-14(22)6-4-10-3-5-11(16)12(9-10)20-13(21)7-8-15(17,18)19/h3,5,9H,2,4,6-8H2,1H3,(H,20,21). The smallest absolute Gasteiger partial charge is 0.389 e. The monoisotopic (exact) mass is 351 g/mol. The first-order valence-corrected chi connectivity index (χ1v) is 7.39. The van der Waals surface area contributed by atoms with Crippen LogP contribution in [0, 0.1) is 0 Å². The molecular weight excluding hydrogens is 335 g/mol. The number of ether oxygens (including phenoxy) is 1. The van der Waals surface area contributed by atoms with Crippen LogP contribution in [0.5, 0.6) is 0 Å². The average molecular weight is 352 g/mol. The van der Waals surface area contributed by atoms with E-state index in [1.807, 2.05) is 0 Å². The molecule has 0 radical (unpaired) electrons. The van der Waals surface area contributed by atoms with Crippen molar-refractivity contribution in [2.75, 3.05) is 11.9 Å². The topological polar surface area (TPSA) is 55.4 Å². The summed E-state index contributed by atoms with van der Waals surface area (Å²) in [4.78, 5) is 22.8. The van der Waals surface area contributed by atoms with E-state index < -0.39 is 24.9 Å². The first kappa shape index (κ1) is 19.3. The summed E-state index contributed by atoms with van der Waals surface area (Å²) in [5, 5.41) is 2.56. The van der Waals surface area contributed by atoms with Gasteiger partial charge in [-0.15, -0.1) is 0 Å². The van der Waals surface area contributed by atoms with E-state index in [1.165, 1.54) is 12.1 Å². The zero-order valence-electron chi connectivity index (χ0n) is 12.5. The lowest BCUT2D eigenvalue weighted by molar-refractivity contribution is -0.143. The van der Waals surface area contributed by atoms with Crippen molar-refractivity contribution in [3.05, 3.63) is 28.8 Å². The summed E-state index contributed by atoms with van der Waals surface area (Å²) in [7, 11) is 0. The third kappa shape index (κ3) is 7.88. The van der Waals surface area contributed by atoms with Crippen molar-refractivity contribution < 1.29 is 27.5 Å². The second-order valence-electron chi connectivity index (χ2n) is 4.78. The van der Waals surface area contributed by atoms with Crippen LogP contribution in [0.1, 0.15) is 31.7 Å². The highest BCUT2D eigenvalue weighted by Gasteiger charge is 2.28. The molecule has 0 aliphatic heterocycles. The Kier molecular flexibility index (Phi) is 7.35. The molecule has 1 N–H and O–H groups in total. The summed E-state index contributed by atoms with van der Waals surface area (Å²) in [6.45, 7) is 1.99. The fraction of sp³-hybridized carbons (Fsp3) is 0.467. The summed E-state index contributed by atoms with van der Waals surface area (Å²) in [5.74, 6) is -1.12. The maximum absolute atomic E-state index is 12.1. The number of nitrogens with one attached hydrogen (secondary N) is 1. The van der Waals surface area contributed by atoms with Gasteiger partial charge in [0.2, 0.25) is 5.91 Å². The number of anilines is 1. The highest BCUT2D eigenvalue weighted by atomic mass is 35.5. The molecule has 1 aromatic carbocycles. The molecule has 8 heteroatoms. The largest absolute Gasteiger partial charge is 0.466 e. The fourth-order valence-electron chi connectivity index (χ4n) is 1.77. The molecule has 0 atom stereocenters. The highest BCUT2D eigenvalue weighted by molar-refractivity contribution is 6.33. The predicted molar refractivity (Wildman–Crippen MR) is 80.3 cm³/mol. The van der Waals surface area contributed by atoms with Crippen LogP contribution in [0.4, 0.5) is 18.9 Å². The number of carbonyl (C=O) groups is 2. The summed E-state index contributed by atoms with van der Waals surface area (Å²) >= 11 is 5.91. The second kappa shape index (κ2) is 8.76. The maximum Gasteiger partial charge on any atom is 0.389 e. The summed E-state index contributed by atoms with van der Waals surface area (Å²) in [5.41, 5.74) is 0.939. The van der Waals surface area contributed by atoms with E-state index in [-0.39, 0.29) is 23.1 Å². The molecule has 0 saturated carbocycles. The average Bonchev–Trinajstić information content (AvgIpc) is 2.45. The summed E-state index contributed by atoms with van der Waals surface area (Å²) in [6, 6.07) is 4.72. The molecule has 0 aliphatic carbocycles. The number of halogens is 4. The van der Waals surface area contributed by atoms with Gasteiger partial charge in [0, 0.05) is 12.8 Å². The van der Waals surface area contributed by atoms with E-state index in [1.54, 1.807) is 13.0 Å². The van der Waals surface area contributed by atoms with Crippen molar-refractivity contribution in [2.45, 2.75) is 38.8 Å². The van der Waals surface area contributed by atoms with E-state index in [0.717, 1.165) is 0 Å².